The first-order chi connectivity index (χ1) is 9.56. The van der Waals surface area contributed by atoms with E-state index in [0.717, 1.165) is 0 Å². The maximum Gasteiger partial charge on any atom is 0.313 e. The van der Waals surface area contributed by atoms with Crippen LogP contribution < -0.4 is 17.7 Å². The largest absolute Gasteiger partial charge is 0.377 e. The lowest BCUT2D eigenvalue weighted by Crippen LogP contribution is -2.29. The van der Waals surface area contributed by atoms with Crippen molar-refractivity contribution in [2.45, 2.75) is 0 Å². The molecule has 0 saturated carbocycles. The van der Waals surface area contributed by atoms with E-state index in [-0.39, 0.29) is 0 Å². The number of anilines is 2. The summed E-state index contributed by atoms with van der Waals surface area (Å²) in [5.41, 5.74) is 2.41. The van der Waals surface area contributed by atoms with Crippen LogP contribution in [0.1, 0.15) is 0 Å². The Morgan fingerprint density at radius 3 is 1.20 bits per heavy atom. The molecule has 0 aliphatic heterocycles. The number of pyridine rings is 2. The molecule has 0 N–H and O–H groups in total. The minimum absolute atomic E-state index is 1.20. The van der Waals surface area contributed by atoms with E-state index in [4.69, 9.17) is 0 Å². The lowest BCUT2D eigenvalue weighted by Gasteiger charge is -2.10. The first-order valence-corrected chi connectivity index (χ1v) is 8.35. The van der Waals surface area contributed by atoms with Crippen molar-refractivity contribution in [2.75, 3.05) is 38.0 Å². The van der Waals surface area contributed by atoms with Crippen LogP contribution in [0.3, 0.4) is 0 Å². The van der Waals surface area contributed by atoms with E-state index in [1.165, 1.54) is 11.4 Å². The Bertz CT molecular complexity index is 487. The lowest BCUT2D eigenvalue weighted by molar-refractivity contribution is -0.505. The highest BCUT2D eigenvalue weighted by molar-refractivity contribution is 8.71. The number of hydrogen-bond donors (Lipinski definition) is 0. The van der Waals surface area contributed by atoms with Crippen LogP contribution >= 0.6 is 22.0 Å². The fourth-order valence-electron chi connectivity index (χ4n) is 1.58. The molecule has 0 spiro atoms. The number of aromatic nitrogens is 2. The van der Waals surface area contributed by atoms with E-state index in [9.17, 15) is 0 Å². The first-order valence-electron chi connectivity index (χ1n) is 6.29. The zero-order valence-corrected chi connectivity index (χ0v) is 13.9. The number of nitrogens with zero attached hydrogens (tertiary/aromatic N) is 4. The van der Waals surface area contributed by atoms with Gasteiger partial charge in [-0.25, -0.2) is 0 Å². The summed E-state index contributed by atoms with van der Waals surface area (Å²) < 4.78 is 4.18. The zero-order valence-electron chi connectivity index (χ0n) is 12.2. The molecule has 0 saturated heterocycles. The summed E-state index contributed by atoms with van der Waals surface area (Å²) in [7, 11) is 11.5. The summed E-state index contributed by atoms with van der Waals surface area (Å²) in [6.07, 6.45) is 8.28. The van der Waals surface area contributed by atoms with Gasteiger partial charge in [-0.2, -0.15) is 0 Å². The van der Waals surface area contributed by atoms with Crippen LogP contribution in [0.5, 0.6) is 0 Å². The van der Waals surface area contributed by atoms with Crippen molar-refractivity contribution < 1.29 is 7.94 Å². The number of hydrogen-bond acceptors (Lipinski definition) is 4. The molecule has 0 bridgehead atoms. The summed E-state index contributed by atoms with van der Waals surface area (Å²) in [6.45, 7) is 0. The van der Waals surface area contributed by atoms with Gasteiger partial charge in [0.15, 0.2) is 24.8 Å². The van der Waals surface area contributed by atoms with Crippen molar-refractivity contribution >= 4 is 33.3 Å². The second-order valence-electron chi connectivity index (χ2n) is 4.77. The molecule has 0 aromatic carbocycles. The fraction of sp³-hybridized carbons (Fsp3) is 0.286. The molecule has 20 heavy (non-hydrogen) atoms. The van der Waals surface area contributed by atoms with Crippen molar-refractivity contribution in [3.63, 3.8) is 0 Å². The SMILES string of the molecule is CN(C)c1cc[n+](SS[n+]2ccc(N(C)C)cc2)cc1. The maximum absolute atomic E-state index is 2.10. The summed E-state index contributed by atoms with van der Waals surface area (Å²) >= 11 is 0. The fourth-order valence-corrected chi connectivity index (χ4v) is 3.24. The Labute approximate surface area is 128 Å². The maximum atomic E-state index is 2.10. The molecule has 2 aromatic heterocycles. The highest BCUT2D eigenvalue weighted by Gasteiger charge is 2.13. The summed E-state index contributed by atoms with van der Waals surface area (Å²) in [5.74, 6) is 0. The van der Waals surface area contributed by atoms with Gasteiger partial charge in [0.1, 0.15) is 0 Å². The molecular formula is C14H20N4S2+2. The molecule has 106 valence electrons. The van der Waals surface area contributed by atoms with Crippen molar-refractivity contribution in [2.24, 2.45) is 0 Å². The van der Waals surface area contributed by atoms with Crippen molar-refractivity contribution in [3.05, 3.63) is 49.1 Å². The van der Waals surface area contributed by atoms with Crippen LogP contribution in [0, 0.1) is 0 Å². The van der Waals surface area contributed by atoms with Crippen LogP contribution in [-0.2, 0) is 0 Å². The average molecular weight is 308 g/mol. The summed E-state index contributed by atoms with van der Waals surface area (Å²) in [6, 6.07) is 8.42. The van der Waals surface area contributed by atoms with Gasteiger partial charge in [0.25, 0.3) is 0 Å². The molecule has 0 atom stereocenters. The Hall–Kier alpha value is -1.40. The van der Waals surface area contributed by atoms with Gasteiger partial charge in [-0.05, 0) is 0 Å². The van der Waals surface area contributed by atoms with Gasteiger partial charge >= 0.3 is 22.0 Å². The van der Waals surface area contributed by atoms with E-state index >= 15 is 0 Å². The van der Waals surface area contributed by atoms with Crippen LogP contribution in [0.15, 0.2) is 49.1 Å². The van der Waals surface area contributed by atoms with E-state index < -0.39 is 0 Å². The molecule has 2 heterocycles. The number of rotatable bonds is 5. The van der Waals surface area contributed by atoms with E-state index in [1.807, 2.05) is 28.2 Å². The van der Waals surface area contributed by atoms with Crippen LogP contribution in [0.4, 0.5) is 11.4 Å². The predicted molar refractivity (Wildman–Crippen MR) is 87.9 cm³/mol. The zero-order chi connectivity index (χ0) is 14.5. The molecule has 0 radical (unpaired) electrons. The lowest BCUT2D eigenvalue weighted by atomic mass is 10.4. The van der Waals surface area contributed by atoms with Crippen LogP contribution in [-0.4, -0.2) is 28.2 Å². The average Bonchev–Trinajstić information content (AvgIpc) is 2.46. The van der Waals surface area contributed by atoms with Gasteiger partial charge in [-0.15, -0.1) is 7.94 Å². The van der Waals surface area contributed by atoms with Gasteiger partial charge in [0, 0.05) is 63.8 Å². The van der Waals surface area contributed by atoms with Gasteiger partial charge in [-0.1, -0.05) is 0 Å². The molecule has 2 rings (SSSR count). The Kier molecular flexibility index (Phi) is 5.14. The van der Waals surface area contributed by atoms with Crippen molar-refractivity contribution in [1.29, 1.82) is 0 Å². The molecular weight excluding hydrogens is 288 g/mol. The van der Waals surface area contributed by atoms with Crippen LogP contribution in [0.2, 0.25) is 0 Å². The third-order valence-electron chi connectivity index (χ3n) is 2.81. The normalized spacial score (nSPS) is 10.4. The third kappa shape index (κ3) is 4.05. The third-order valence-corrected chi connectivity index (χ3v) is 4.94. The first kappa shape index (κ1) is 15.0. The monoisotopic (exact) mass is 308 g/mol. The second-order valence-corrected chi connectivity index (χ2v) is 6.81. The quantitative estimate of drug-likeness (QED) is 0.619. The molecule has 6 heteroatoms. The Balaban J connectivity index is 1.94. The topological polar surface area (TPSA) is 14.2 Å². The predicted octanol–water partition coefficient (Wildman–Crippen LogP) is 2.00. The van der Waals surface area contributed by atoms with E-state index in [1.54, 1.807) is 22.0 Å². The van der Waals surface area contributed by atoms with Gasteiger partial charge in [0.2, 0.25) is 0 Å². The van der Waals surface area contributed by atoms with Gasteiger partial charge in [-0.3, -0.25) is 0 Å². The Morgan fingerprint density at radius 2 is 0.950 bits per heavy atom. The molecule has 4 nitrogen and oxygen atoms in total. The molecule has 0 unspecified atom stereocenters. The van der Waals surface area contributed by atoms with Crippen LogP contribution in [0.25, 0.3) is 0 Å². The van der Waals surface area contributed by atoms with E-state index in [2.05, 4.69) is 66.8 Å². The van der Waals surface area contributed by atoms with Crippen molar-refractivity contribution in [3.8, 4) is 0 Å². The minimum atomic E-state index is 1.20. The smallest absolute Gasteiger partial charge is 0.313 e. The van der Waals surface area contributed by atoms with Gasteiger partial charge in [0.05, 0.1) is 0 Å². The minimum Gasteiger partial charge on any atom is -0.377 e. The standard InChI is InChI=1S/C14H20N4S2/c1-15(2)13-5-9-17(10-6-13)19-20-18-11-7-14(8-12-18)16(3)4/h5-12H,1-4H3/q+2. The highest BCUT2D eigenvalue weighted by Crippen LogP contribution is 2.15. The van der Waals surface area contributed by atoms with Gasteiger partial charge < -0.3 is 9.80 Å². The Morgan fingerprint density at radius 1 is 0.650 bits per heavy atom. The summed E-state index contributed by atoms with van der Waals surface area (Å²) in [5, 5.41) is 0. The molecule has 0 aliphatic carbocycles. The second kappa shape index (κ2) is 6.85. The van der Waals surface area contributed by atoms with E-state index in [0.29, 0.717) is 0 Å². The van der Waals surface area contributed by atoms with Crippen molar-refractivity contribution in [1.82, 2.24) is 0 Å². The molecule has 0 amide bonds. The molecule has 2 aromatic rings. The molecule has 0 fully saturated rings. The molecule has 0 aliphatic rings. The summed E-state index contributed by atoms with van der Waals surface area (Å²) in [4.78, 5) is 4.19. The highest BCUT2D eigenvalue weighted by atomic mass is 33.1.